The van der Waals surface area contributed by atoms with Crippen molar-refractivity contribution in [3.63, 3.8) is 0 Å². The summed E-state index contributed by atoms with van der Waals surface area (Å²) < 4.78 is 1.71. The van der Waals surface area contributed by atoms with Crippen molar-refractivity contribution in [3.8, 4) is 5.75 Å². The number of aromatic nitrogens is 2. The maximum atomic E-state index is 11.8. The van der Waals surface area contributed by atoms with E-state index in [4.69, 9.17) is 0 Å². The highest BCUT2D eigenvalue weighted by molar-refractivity contribution is 5.94. The van der Waals surface area contributed by atoms with Crippen LogP contribution in [0.15, 0.2) is 30.5 Å². The molecule has 2 aromatic rings. The number of phenolic OH excluding ortho intramolecular Hbond substituents is 1. The van der Waals surface area contributed by atoms with Gasteiger partial charge in [-0.05, 0) is 25.1 Å². The molecule has 1 heterocycles. The monoisotopic (exact) mass is 245 g/mol. The van der Waals surface area contributed by atoms with Crippen molar-refractivity contribution in [1.82, 2.24) is 15.1 Å². The Kier molecular flexibility index (Phi) is 3.32. The van der Waals surface area contributed by atoms with Gasteiger partial charge in [-0.1, -0.05) is 6.07 Å². The molecule has 0 saturated carbocycles. The maximum Gasteiger partial charge on any atom is 0.251 e. The van der Waals surface area contributed by atoms with E-state index in [0.29, 0.717) is 12.1 Å². The number of carbonyl (C=O) groups excluding carboxylic acids is 1. The van der Waals surface area contributed by atoms with Crippen LogP contribution in [0.5, 0.6) is 5.75 Å². The van der Waals surface area contributed by atoms with Crippen LogP contribution < -0.4 is 5.32 Å². The lowest BCUT2D eigenvalue weighted by atomic mass is 10.2. The minimum absolute atomic E-state index is 0.0835. The van der Waals surface area contributed by atoms with Crippen LogP contribution in [0.3, 0.4) is 0 Å². The van der Waals surface area contributed by atoms with Crippen molar-refractivity contribution in [2.45, 2.75) is 13.5 Å². The molecule has 1 aromatic heterocycles. The molecular formula is C13H15N3O2. The van der Waals surface area contributed by atoms with Crippen molar-refractivity contribution in [2.75, 3.05) is 0 Å². The molecule has 1 aromatic carbocycles. The van der Waals surface area contributed by atoms with Gasteiger partial charge in [-0.3, -0.25) is 9.48 Å². The second-order valence-corrected chi connectivity index (χ2v) is 4.15. The summed E-state index contributed by atoms with van der Waals surface area (Å²) in [4.78, 5) is 11.8. The Labute approximate surface area is 105 Å². The van der Waals surface area contributed by atoms with Crippen LogP contribution in [-0.4, -0.2) is 20.8 Å². The van der Waals surface area contributed by atoms with Gasteiger partial charge < -0.3 is 10.4 Å². The highest BCUT2D eigenvalue weighted by Gasteiger charge is 2.08. The van der Waals surface area contributed by atoms with Crippen LogP contribution in [0.2, 0.25) is 0 Å². The van der Waals surface area contributed by atoms with Crippen LogP contribution in [0.4, 0.5) is 0 Å². The summed E-state index contributed by atoms with van der Waals surface area (Å²) in [6.07, 6.45) is 1.87. The normalized spacial score (nSPS) is 10.3. The molecule has 0 spiro atoms. The fourth-order valence-electron chi connectivity index (χ4n) is 1.75. The Morgan fingerprint density at radius 3 is 2.89 bits per heavy atom. The number of rotatable bonds is 3. The SMILES string of the molecule is Cc1nn(C)cc1CNC(=O)c1cccc(O)c1. The van der Waals surface area contributed by atoms with E-state index in [-0.39, 0.29) is 11.7 Å². The molecule has 0 radical (unpaired) electrons. The quantitative estimate of drug-likeness (QED) is 0.858. The molecule has 0 aliphatic carbocycles. The van der Waals surface area contributed by atoms with Crippen molar-refractivity contribution in [3.05, 3.63) is 47.3 Å². The topological polar surface area (TPSA) is 67.2 Å². The number of hydrogen-bond acceptors (Lipinski definition) is 3. The van der Waals surface area contributed by atoms with Gasteiger partial charge in [-0.15, -0.1) is 0 Å². The summed E-state index contributed by atoms with van der Waals surface area (Å²) in [7, 11) is 1.84. The summed E-state index contributed by atoms with van der Waals surface area (Å²) in [5.41, 5.74) is 2.32. The predicted octanol–water partition coefficient (Wildman–Crippen LogP) is 1.36. The van der Waals surface area contributed by atoms with Crippen molar-refractivity contribution < 1.29 is 9.90 Å². The number of amides is 1. The van der Waals surface area contributed by atoms with E-state index in [0.717, 1.165) is 11.3 Å². The molecule has 2 rings (SSSR count). The number of nitrogens with one attached hydrogen (secondary N) is 1. The second kappa shape index (κ2) is 4.91. The number of hydrogen-bond donors (Lipinski definition) is 2. The number of nitrogens with zero attached hydrogens (tertiary/aromatic N) is 2. The molecule has 2 N–H and O–H groups in total. The standard InChI is InChI=1S/C13H15N3O2/c1-9-11(8-16(2)15-9)7-14-13(18)10-4-3-5-12(17)6-10/h3-6,8,17H,7H2,1-2H3,(H,14,18). The molecule has 0 fully saturated rings. The summed E-state index contributed by atoms with van der Waals surface area (Å²) >= 11 is 0. The smallest absolute Gasteiger partial charge is 0.251 e. The minimum Gasteiger partial charge on any atom is -0.508 e. The van der Waals surface area contributed by atoms with Gasteiger partial charge in [0.25, 0.3) is 5.91 Å². The zero-order valence-electron chi connectivity index (χ0n) is 10.3. The maximum absolute atomic E-state index is 11.8. The molecule has 0 aliphatic heterocycles. The first-order valence-corrected chi connectivity index (χ1v) is 5.62. The molecule has 5 nitrogen and oxygen atoms in total. The number of aryl methyl sites for hydroxylation is 2. The lowest BCUT2D eigenvalue weighted by Crippen LogP contribution is -2.22. The average molecular weight is 245 g/mol. The molecule has 5 heteroatoms. The molecular weight excluding hydrogens is 230 g/mol. The molecule has 0 aliphatic rings. The average Bonchev–Trinajstić information content (AvgIpc) is 2.65. The molecule has 1 amide bonds. The highest BCUT2D eigenvalue weighted by atomic mass is 16.3. The molecule has 0 saturated heterocycles. The van der Waals surface area contributed by atoms with E-state index in [1.54, 1.807) is 16.8 Å². The Hall–Kier alpha value is -2.30. The third-order valence-electron chi connectivity index (χ3n) is 2.66. The van der Waals surface area contributed by atoms with Crippen LogP contribution in [0, 0.1) is 6.92 Å². The first kappa shape index (κ1) is 12.2. The minimum atomic E-state index is -0.214. The molecule has 0 atom stereocenters. The van der Waals surface area contributed by atoms with E-state index in [9.17, 15) is 9.90 Å². The number of carbonyl (C=O) groups is 1. The van der Waals surface area contributed by atoms with E-state index in [1.165, 1.54) is 12.1 Å². The van der Waals surface area contributed by atoms with Crippen LogP contribution >= 0.6 is 0 Å². The molecule has 94 valence electrons. The third-order valence-corrected chi connectivity index (χ3v) is 2.66. The van der Waals surface area contributed by atoms with Crippen LogP contribution in [0.1, 0.15) is 21.6 Å². The largest absolute Gasteiger partial charge is 0.508 e. The Morgan fingerprint density at radius 2 is 2.28 bits per heavy atom. The van der Waals surface area contributed by atoms with E-state index in [1.807, 2.05) is 20.2 Å². The van der Waals surface area contributed by atoms with E-state index < -0.39 is 0 Å². The fourth-order valence-corrected chi connectivity index (χ4v) is 1.75. The van der Waals surface area contributed by atoms with Crippen molar-refractivity contribution in [1.29, 1.82) is 0 Å². The molecule has 18 heavy (non-hydrogen) atoms. The van der Waals surface area contributed by atoms with E-state index in [2.05, 4.69) is 10.4 Å². The predicted molar refractivity (Wildman–Crippen MR) is 67.2 cm³/mol. The van der Waals surface area contributed by atoms with Gasteiger partial charge >= 0.3 is 0 Å². The zero-order valence-corrected chi connectivity index (χ0v) is 10.3. The highest BCUT2D eigenvalue weighted by Crippen LogP contribution is 2.11. The summed E-state index contributed by atoms with van der Waals surface area (Å²) in [6.45, 7) is 2.32. The Bertz CT molecular complexity index is 575. The van der Waals surface area contributed by atoms with Crippen LogP contribution in [-0.2, 0) is 13.6 Å². The second-order valence-electron chi connectivity index (χ2n) is 4.15. The Balaban J connectivity index is 2.02. The summed E-state index contributed by atoms with van der Waals surface area (Å²) in [5.74, 6) is -0.130. The lowest BCUT2D eigenvalue weighted by Gasteiger charge is -2.04. The van der Waals surface area contributed by atoms with Gasteiger partial charge in [0, 0.05) is 30.9 Å². The van der Waals surface area contributed by atoms with Gasteiger partial charge in [0.2, 0.25) is 0 Å². The third kappa shape index (κ3) is 2.68. The number of aromatic hydroxyl groups is 1. The molecule has 0 unspecified atom stereocenters. The zero-order chi connectivity index (χ0) is 13.1. The van der Waals surface area contributed by atoms with Gasteiger partial charge in [0.1, 0.15) is 5.75 Å². The van der Waals surface area contributed by atoms with Crippen molar-refractivity contribution in [2.24, 2.45) is 7.05 Å². The van der Waals surface area contributed by atoms with Gasteiger partial charge in [-0.25, -0.2) is 0 Å². The Morgan fingerprint density at radius 1 is 1.50 bits per heavy atom. The van der Waals surface area contributed by atoms with Gasteiger partial charge in [0.15, 0.2) is 0 Å². The first-order valence-electron chi connectivity index (χ1n) is 5.62. The lowest BCUT2D eigenvalue weighted by molar-refractivity contribution is 0.0950. The first-order chi connectivity index (χ1) is 8.56. The molecule has 0 bridgehead atoms. The number of phenols is 1. The van der Waals surface area contributed by atoms with Gasteiger partial charge in [0.05, 0.1) is 5.69 Å². The summed E-state index contributed by atoms with van der Waals surface area (Å²) in [5, 5.41) is 16.3. The van der Waals surface area contributed by atoms with E-state index >= 15 is 0 Å². The fraction of sp³-hybridized carbons (Fsp3) is 0.231. The van der Waals surface area contributed by atoms with Gasteiger partial charge in [-0.2, -0.15) is 5.10 Å². The summed E-state index contributed by atoms with van der Waals surface area (Å²) in [6, 6.07) is 6.26. The number of benzene rings is 1. The van der Waals surface area contributed by atoms with Crippen molar-refractivity contribution >= 4 is 5.91 Å². The van der Waals surface area contributed by atoms with Crippen LogP contribution in [0.25, 0.3) is 0 Å².